The second kappa shape index (κ2) is 8.51. The topological polar surface area (TPSA) is 61.4 Å². The van der Waals surface area contributed by atoms with Crippen molar-refractivity contribution in [1.29, 1.82) is 0 Å². The molecule has 1 aromatic heterocycles. The Kier molecular flexibility index (Phi) is 6.12. The van der Waals surface area contributed by atoms with Gasteiger partial charge in [-0.05, 0) is 49.1 Å². The number of nitrogens with one attached hydrogen (secondary N) is 2. The number of nitrogens with zero attached hydrogens (tertiary/aromatic N) is 1. The third kappa shape index (κ3) is 4.72. The number of amides is 3. The van der Waals surface area contributed by atoms with Crippen LogP contribution in [-0.4, -0.2) is 36.5 Å². The van der Waals surface area contributed by atoms with Crippen LogP contribution >= 0.6 is 11.3 Å². The fraction of sp³-hybridized carbons (Fsp3) is 0.667. The van der Waals surface area contributed by atoms with E-state index in [-0.39, 0.29) is 17.9 Å². The maximum absolute atomic E-state index is 12.5. The Morgan fingerprint density at radius 1 is 1.17 bits per heavy atom. The highest BCUT2D eigenvalue weighted by Crippen LogP contribution is 2.24. The summed E-state index contributed by atoms with van der Waals surface area (Å²) in [6, 6.07) is 3.71. The molecule has 1 aromatic rings. The van der Waals surface area contributed by atoms with Crippen LogP contribution in [0, 0.1) is 11.8 Å². The Bertz CT molecular complexity index is 540. The number of thiophene rings is 1. The van der Waals surface area contributed by atoms with E-state index in [0.29, 0.717) is 12.5 Å². The molecule has 2 aliphatic rings. The van der Waals surface area contributed by atoms with E-state index in [1.54, 1.807) is 4.90 Å². The van der Waals surface area contributed by atoms with Crippen LogP contribution in [0.3, 0.4) is 0 Å². The van der Waals surface area contributed by atoms with E-state index < -0.39 is 0 Å². The van der Waals surface area contributed by atoms with Crippen molar-refractivity contribution in [3.8, 4) is 0 Å². The lowest BCUT2D eigenvalue weighted by molar-refractivity contribution is -0.126. The van der Waals surface area contributed by atoms with Gasteiger partial charge < -0.3 is 10.2 Å². The van der Waals surface area contributed by atoms with E-state index >= 15 is 0 Å². The van der Waals surface area contributed by atoms with Crippen LogP contribution in [0.1, 0.15) is 44.9 Å². The van der Waals surface area contributed by atoms with Gasteiger partial charge in [0.05, 0.1) is 10.9 Å². The molecule has 2 N–H and O–H groups in total. The molecule has 0 aromatic carbocycles. The SMILES string of the molecule is O=C(NCC1CCCCC1)C1CCCN(C(=O)Nc2cccs2)C1. The fourth-order valence-electron chi connectivity index (χ4n) is 3.69. The van der Waals surface area contributed by atoms with Crippen LogP contribution in [0.15, 0.2) is 17.5 Å². The average molecular weight is 350 g/mol. The van der Waals surface area contributed by atoms with Gasteiger partial charge >= 0.3 is 6.03 Å². The van der Waals surface area contributed by atoms with Gasteiger partial charge in [-0.2, -0.15) is 0 Å². The van der Waals surface area contributed by atoms with Gasteiger partial charge in [0.25, 0.3) is 0 Å². The zero-order chi connectivity index (χ0) is 16.8. The third-order valence-electron chi connectivity index (χ3n) is 5.12. The summed E-state index contributed by atoms with van der Waals surface area (Å²) in [6.45, 7) is 2.05. The van der Waals surface area contributed by atoms with Gasteiger partial charge in [0.2, 0.25) is 5.91 Å². The van der Waals surface area contributed by atoms with Gasteiger partial charge in [-0.15, -0.1) is 11.3 Å². The first-order valence-corrected chi connectivity index (χ1v) is 9.97. The van der Waals surface area contributed by atoms with Crippen LogP contribution in [0.4, 0.5) is 9.80 Å². The van der Waals surface area contributed by atoms with Crippen molar-refractivity contribution in [2.24, 2.45) is 11.8 Å². The van der Waals surface area contributed by atoms with E-state index in [9.17, 15) is 9.59 Å². The molecule has 0 radical (unpaired) electrons. The Morgan fingerprint density at radius 2 is 2.00 bits per heavy atom. The number of hydrogen-bond donors (Lipinski definition) is 2. The van der Waals surface area contributed by atoms with E-state index in [4.69, 9.17) is 0 Å². The lowest BCUT2D eigenvalue weighted by Crippen LogP contribution is -2.47. The molecule has 2 heterocycles. The second-order valence-corrected chi connectivity index (χ2v) is 7.89. The van der Waals surface area contributed by atoms with Crippen LogP contribution in [0.2, 0.25) is 0 Å². The van der Waals surface area contributed by atoms with Crippen molar-refractivity contribution in [2.45, 2.75) is 44.9 Å². The highest BCUT2D eigenvalue weighted by molar-refractivity contribution is 7.14. The zero-order valence-corrected chi connectivity index (χ0v) is 14.9. The first-order valence-electron chi connectivity index (χ1n) is 9.09. The van der Waals surface area contributed by atoms with Crippen molar-refractivity contribution < 1.29 is 9.59 Å². The molecule has 132 valence electrons. The minimum Gasteiger partial charge on any atom is -0.356 e. The van der Waals surface area contributed by atoms with Crippen LogP contribution < -0.4 is 10.6 Å². The first kappa shape index (κ1) is 17.3. The van der Waals surface area contributed by atoms with E-state index in [1.807, 2.05) is 17.5 Å². The minimum atomic E-state index is -0.0952. The summed E-state index contributed by atoms with van der Waals surface area (Å²) in [5.74, 6) is 0.690. The number of carbonyl (C=O) groups excluding carboxylic acids is 2. The summed E-state index contributed by atoms with van der Waals surface area (Å²) >= 11 is 1.51. The molecule has 5 nitrogen and oxygen atoms in total. The molecule has 3 rings (SSSR count). The molecule has 1 unspecified atom stereocenters. The predicted octanol–water partition coefficient (Wildman–Crippen LogP) is 3.69. The molecular formula is C18H27N3O2S. The number of carbonyl (C=O) groups is 2. The summed E-state index contributed by atoms with van der Waals surface area (Å²) in [7, 11) is 0. The molecule has 24 heavy (non-hydrogen) atoms. The van der Waals surface area contributed by atoms with Crippen molar-refractivity contribution in [3.63, 3.8) is 0 Å². The number of hydrogen-bond acceptors (Lipinski definition) is 3. The third-order valence-corrected chi connectivity index (χ3v) is 5.91. The van der Waals surface area contributed by atoms with Crippen molar-refractivity contribution in [2.75, 3.05) is 25.0 Å². The average Bonchev–Trinajstić information content (AvgIpc) is 3.13. The van der Waals surface area contributed by atoms with Gasteiger partial charge in [0.1, 0.15) is 0 Å². The monoisotopic (exact) mass is 349 g/mol. The van der Waals surface area contributed by atoms with Gasteiger partial charge in [0.15, 0.2) is 0 Å². The van der Waals surface area contributed by atoms with Gasteiger partial charge in [0, 0.05) is 19.6 Å². The Labute approximate surface area is 147 Å². The van der Waals surface area contributed by atoms with E-state index in [0.717, 1.165) is 30.9 Å². The molecule has 1 saturated carbocycles. The minimum absolute atomic E-state index is 0.0728. The van der Waals surface area contributed by atoms with Gasteiger partial charge in [-0.3, -0.25) is 10.1 Å². The normalized spacial score (nSPS) is 22.2. The van der Waals surface area contributed by atoms with Crippen molar-refractivity contribution >= 4 is 28.3 Å². The van der Waals surface area contributed by atoms with Gasteiger partial charge in [-0.1, -0.05) is 19.3 Å². The second-order valence-electron chi connectivity index (χ2n) is 6.94. The molecule has 1 saturated heterocycles. The highest BCUT2D eigenvalue weighted by atomic mass is 32.1. The maximum atomic E-state index is 12.5. The fourth-order valence-corrected chi connectivity index (χ4v) is 4.30. The number of anilines is 1. The molecule has 1 atom stereocenters. The van der Waals surface area contributed by atoms with Gasteiger partial charge in [-0.25, -0.2) is 4.79 Å². The van der Waals surface area contributed by atoms with Crippen LogP contribution in [0.5, 0.6) is 0 Å². The first-order chi connectivity index (χ1) is 11.7. The molecule has 1 aliphatic heterocycles. The molecule has 3 amide bonds. The Balaban J connectivity index is 1.45. The zero-order valence-electron chi connectivity index (χ0n) is 14.1. The van der Waals surface area contributed by atoms with E-state index in [2.05, 4.69) is 10.6 Å². The largest absolute Gasteiger partial charge is 0.356 e. The molecule has 0 bridgehead atoms. The Morgan fingerprint density at radius 3 is 2.75 bits per heavy atom. The highest BCUT2D eigenvalue weighted by Gasteiger charge is 2.29. The summed E-state index contributed by atoms with van der Waals surface area (Å²) in [6.07, 6.45) is 8.15. The quantitative estimate of drug-likeness (QED) is 0.871. The summed E-state index contributed by atoms with van der Waals surface area (Å²) in [5, 5.41) is 8.83. The predicted molar refractivity (Wildman–Crippen MR) is 97.2 cm³/mol. The van der Waals surface area contributed by atoms with Crippen molar-refractivity contribution in [3.05, 3.63) is 17.5 Å². The maximum Gasteiger partial charge on any atom is 0.322 e. The lowest BCUT2D eigenvalue weighted by Gasteiger charge is -2.32. The number of urea groups is 1. The molecule has 6 heteroatoms. The number of rotatable bonds is 4. The molecule has 1 aliphatic carbocycles. The standard InChI is InChI=1S/C18H27N3O2S/c22-17(19-12-14-6-2-1-3-7-14)15-8-4-10-21(13-15)18(23)20-16-9-5-11-24-16/h5,9,11,14-15H,1-4,6-8,10,12-13H2,(H,19,22)(H,20,23). The summed E-state index contributed by atoms with van der Waals surface area (Å²) in [4.78, 5) is 26.6. The van der Waals surface area contributed by atoms with E-state index in [1.165, 1.54) is 43.4 Å². The summed E-state index contributed by atoms with van der Waals surface area (Å²) < 4.78 is 0. The Hall–Kier alpha value is -1.56. The van der Waals surface area contributed by atoms with Crippen molar-refractivity contribution in [1.82, 2.24) is 10.2 Å². The molecular weight excluding hydrogens is 322 g/mol. The number of piperidine rings is 1. The molecule has 0 spiro atoms. The smallest absolute Gasteiger partial charge is 0.322 e. The lowest BCUT2D eigenvalue weighted by atomic mass is 9.89. The van der Waals surface area contributed by atoms with Crippen LogP contribution in [0.25, 0.3) is 0 Å². The van der Waals surface area contributed by atoms with Crippen LogP contribution in [-0.2, 0) is 4.79 Å². The summed E-state index contributed by atoms with van der Waals surface area (Å²) in [5.41, 5.74) is 0. The number of likely N-dealkylation sites (tertiary alicyclic amines) is 1. The molecule has 2 fully saturated rings.